The lowest BCUT2D eigenvalue weighted by molar-refractivity contribution is -0.124. The standard InChI is InChI=1S/C16H17N7O/c24-16(19-10-1-2-10)9-4-6-23(8-9)12-7-18-20-15-13(12)11-3-5-17-14(11)21-22-15/h3,5,7,9-10H,1-2,4,6,8H2,(H,19,24)(H,20,22). The van der Waals surface area contributed by atoms with E-state index in [2.05, 4.69) is 35.6 Å². The number of carbonyl (C=O) groups is 1. The Labute approximate surface area is 137 Å². The first-order valence-corrected chi connectivity index (χ1v) is 8.29. The summed E-state index contributed by atoms with van der Waals surface area (Å²) in [5, 5.41) is 20.4. The van der Waals surface area contributed by atoms with Crippen molar-refractivity contribution in [2.45, 2.75) is 25.3 Å². The maximum absolute atomic E-state index is 12.3. The van der Waals surface area contributed by atoms with Crippen LogP contribution in [0.1, 0.15) is 19.3 Å². The van der Waals surface area contributed by atoms with Gasteiger partial charge in [-0.15, -0.1) is 10.2 Å². The molecule has 8 heteroatoms. The molecular weight excluding hydrogens is 306 g/mol. The van der Waals surface area contributed by atoms with Gasteiger partial charge in [0.2, 0.25) is 5.91 Å². The van der Waals surface area contributed by atoms with Gasteiger partial charge in [-0.25, -0.2) is 4.98 Å². The van der Waals surface area contributed by atoms with Crippen molar-refractivity contribution in [3.8, 4) is 0 Å². The van der Waals surface area contributed by atoms with Crippen molar-refractivity contribution < 1.29 is 4.79 Å². The van der Waals surface area contributed by atoms with Crippen molar-refractivity contribution in [2.75, 3.05) is 18.0 Å². The summed E-state index contributed by atoms with van der Waals surface area (Å²) in [4.78, 5) is 18.8. The normalized spacial score (nSPS) is 20.8. The van der Waals surface area contributed by atoms with E-state index in [0.29, 0.717) is 23.9 Å². The van der Waals surface area contributed by atoms with Crippen molar-refractivity contribution in [1.29, 1.82) is 0 Å². The fourth-order valence-electron chi connectivity index (χ4n) is 3.41. The molecule has 1 saturated heterocycles. The first-order chi connectivity index (χ1) is 11.8. The lowest BCUT2D eigenvalue weighted by Crippen LogP contribution is -2.34. The van der Waals surface area contributed by atoms with Crippen molar-refractivity contribution in [3.63, 3.8) is 0 Å². The summed E-state index contributed by atoms with van der Waals surface area (Å²) < 4.78 is 0. The van der Waals surface area contributed by atoms with Gasteiger partial charge >= 0.3 is 0 Å². The molecule has 4 heterocycles. The summed E-state index contributed by atoms with van der Waals surface area (Å²) in [6.45, 7) is 1.54. The number of aromatic amines is 1. The molecule has 0 spiro atoms. The van der Waals surface area contributed by atoms with E-state index in [4.69, 9.17) is 0 Å². The smallest absolute Gasteiger partial charge is 0.225 e. The molecule has 24 heavy (non-hydrogen) atoms. The van der Waals surface area contributed by atoms with E-state index >= 15 is 0 Å². The highest BCUT2D eigenvalue weighted by molar-refractivity contribution is 6.08. The second-order valence-corrected chi connectivity index (χ2v) is 6.58. The number of rotatable bonds is 3. The number of H-pyrrole nitrogens is 1. The number of hydrogen-bond acceptors (Lipinski definition) is 6. The van der Waals surface area contributed by atoms with Gasteiger partial charge in [0, 0.05) is 30.7 Å². The molecule has 0 radical (unpaired) electrons. The predicted molar refractivity (Wildman–Crippen MR) is 88.5 cm³/mol. The van der Waals surface area contributed by atoms with E-state index in [1.807, 2.05) is 6.07 Å². The number of nitrogens with zero attached hydrogens (tertiary/aromatic N) is 5. The van der Waals surface area contributed by atoms with Gasteiger partial charge in [0.25, 0.3) is 0 Å². The van der Waals surface area contributed by atoms with E-state index in [-0.39, 0.29) is 11.8 Å². The molecule has 122 valence electrons. The number of nitrogens with one attached hydrogen (secondary N) is 2. The third-order valence-electron chi connectivity index (χ3n) is 4.87. The van der Waals surface area contributed by atoms with Crippen LogP contribution in [-0.2, 0) is 4.79 Å². The van der Waals surface area contributed by atoms with Crippen molar-refractivity contribution >= 4 is 33.7 Å². The SMILES string of the molecule is O=C(NC1CC1)C1CCN(c2cn[nH]c3nnc4nccc4c23)C1. The van der Waals surface area contributed by atoms with Gasteiger partial charge in [-0.1, -0.05) is 0 Å². The first kappa shape index (κ1) is 13.6. The van der Waals surface area contributed by atoms with Crippen LogP contribution in [0.3, 0.4) is 0 Å². The molecular formula is C16H17N7O. The summed E-state index contributed by atoms with van der Waals surface area (Å²) in [5.41, 5.74) is 2.25. The second-order valence-electron chi connectivity index (χ2n) is 6.58. The Morgan fingerprint density at radius 2 is 2.21 bits per heavy atom. The van der Waals surface area contributed by atoms with Gasteiger partial charge in [0.15, 0.2) is 11.3 Å². The van der Waals surface area contributed by atoms with Crippen LogP contribution in [0.15, 0.2) is 18.5 Å². The molecule has 1 amide bonds. The Balaban J connectivity index is 1.50. The minimum Gasteiger partial charge on any atom is -0.369 e. The Bertz CT molecular complexity index is 932. The van der Waals surface area contributed by atoms with Crippen LogP contribution in [0, 0.1) is 5.92 Å². The van der Waals surface area contributed by atoms with Crippen molar-refractivity contribution in [3.05, 3.63) is 18.5 Å². The minimum absolute atomic E-state index is 0.0351. The van der Waals surface area contributed by atoms with E-state index in [1.165, 1.54) is 0 Å². The predicted octanol–water partition coefficient (Wildman–Crippen LogP) is 1.01. The van der Waals surface area contributed by atoms with Gasteiger partial charge in [-0.2, -0.15) is 5.10 Å². The highest BCUT2D eigenvalue weighted by Crippen LogP contribution is 2.32. The van der Waals surface area contributed by atoms with Gasteiger partial charge < -0.3 is 10.2 Å². The number of aromatic nitrogens is 5. The van der Waals surface area contributed by atoms with Crippen molar-refractivity contribution in [2.24, 2.45) is 5.92 Å². The molecule has 2 aliphatic rings. The lowest BCUT2D eigenvalue weighted by Gasteiger charge is -2.20. The number of fused-ring (bicyclic) bond motifs is 3. The van der Waals surface area contributed by atoms with Gasteiger partial charge in [-0.05, 0) is 25.3 Å². The summed E-state index contributed by atoms with van der Waals surface area (Å²) >= 11 is 0. The number of hydrogen-bond donors (Lipinski definition) is 2. The van der Waals surface area contributed by atoms with Crippen LogP contribution in [-0.4, -0.2) is 50.4 Å². The molecule has 1 saturated carbocycles. The van der Waals surface area contributed by atoms with Crippen molar-refractivity contribution in [1.82, 2.24) is 30.7 Å². The number of anilines is 1. The summed E-state index contributed by atoms with van der Waals surface area (Å²) in [6, 6.07) is 2.35. The highest BCUT2D eigenvalue weighted by atomic mass is 16.2. The Kier molecular flexibility index (Phi) is 2.91. The number of carbonyl (C=O) groups excluding carboxylic acids is 1. The van der Waals surface area contributed by atoms with Crippen LogP contribution < -0.4 is 10.2 Å². The molecule has 1 aliphatic carbocycles. The first-order valence-electron chi connectivity index (χ1n) is 8.29. The Morgan fingerprint density at radius 3 is 3.08 bits per heavy atom. The monoisotopic (exact) mass is 323 g/mol. The maximum Gasteiger partial charge on any atom is 0.225 e. The van der Waals surface area contributed by atoms with Crippen LogP contribution in [0.2, 0.25) is 0 Å². The molecule has 0 aromatic carbocycles. The molecule has 1 atom stereocenters. The van der Waals surface area contributed by atoms with E-state index in [9.17, 15) is 4.79 Å². The van der Waals surface area contributed by atoms with Gasteiger partial charge in [0.05, 0.1) is 23.2 Å². The fourth-order valence-corrected chi connectivity index (χ4v) is 3.41. The Morgan fingerprint density at radius 1 is 1.29 bits per heavy atom. The fraction of sp³-hybridized carbons (Fsp3) is 0.438. The van der Waals surface area contributed by atoms with Gasteiger partial charge in [0.1, 0.15) is 0 Å². The average molecular weight is 323 g/mol. The topological polar surface area (TPSA) is 99.7 Å². The molecule has 3 aromatic heterocycles. The minimum atomic E-state index is 0.0351. The third kappa shape index (κ3) is 2.17. The van der Waals surface area contributed by atoms with Crippen LogP contribution in [0.25, 0.3) is 22.1 Å². The Hall–Kier alpha value is -2.77. The summed E-state index contributed by atoms with van der Waals surface area (Å²) in [7, 11) is 0. The van der Waals surface area contributed by atoms with Gasteiger partial charge in [-0.3, -0.25) is 9.89 Å². The molecule has 8 nitrogen and oxygen atoms in total. The zero-order chi connectivity index (χ0) is 16.1. The number of amides is 1. The lowest BCUT2D eigenvalue weighted by atomic mass is 10.1. The van der Waals surface area contributed by atoms with E-state index < -0.39 is 0 Å². The highest BCUT2D eigenvalue weighted by Gasteiger charge is 2.33. The molecule has 2 fully saturated rings. The zero-order valence-electron chi connectivity index (χ0n) is 13.1. The van der Waals surface area contributed by atoms with E-state index in [0.717, 1.165) is 42.3 Å². The van der Waals surface area contributed by atoms with Crippen LogP contribution in [0.4, 0.5) is 5.69 Å². The summed E-state index contributed by atoms with van der Waals surface area (Å²) in [5.74, 6) is 0.215. The molecule has 1 aliphatic heterocycles. The van der Waals surface area contributed by atoms with Crippen LogP contribution in [0.5, 0.6) is 0 Å². The molecule has 1 unspecified atom stereocenters. The molecule has 0 bridgehead atoms. The second kappa shape index (κ2) is 5.12. The molecule has 2 N–H and O–H groups in total. The average Bonchev–Trinajstić information content (AvgIpc) is 3.12. The van der Waals surface area contributed by atoms with E-state index in [1.54, 1.807) is 12.4 Å². The largest absolute Gasteiger partial charge is 0.369 e. The quantitative estimate of drug-likeness (QED) is 0.746. The van der Waals surface area contributed by atoms with Crippen LogP contribution >= 0.6 is 0 Å². The zero-order valence-corrected chi connectivity index (χ0v) is 13.1. The summed E-state index contributed by atoms with van der Waals surface area (Å²) in [6.07, 6.45) is 6.63. The maximum atomic E-state index is 12.3. The third-order valence-corrected chi connectivity index (χ3v) is 4.87. The molecule has 5 rings (SSSR count). The molecule has 3 aromatic rings.